The Bertz CT molecular complexity index is 1230. The molecule has 3 aromatic rings. The highest BCUT2D eigenvalue weighted by atomic mass is 16.6. The Hall–Kier alpha value is -3.48. The first-order chi connectivity index (χ1) is 18.7. The maximum Gasteiger partial charge on any atom is 0.410 e. The SMILES string of the molecule is O=C(CCOCc1ccccc1)C1CC2COCC(C1)N2C(=O)OCC1c2ccccc2-c2ccccc21. The number of piperidine rings is 1. The van der Waals surface area contributed by atoms with Gasteiger partial charge < -0.3 is 14.2 Å². The zero-order chi connectivity index (χ0) is 25.9. The van der Waals surface area contributed by atoms with E-state index in [1.807, 2.05) is 59.5 Å². The van der Waals surface area contributed by atoms with E-state index in [1.54, 1.807) is 0 Å². The van der Waals surface area contributed by atoms with Crippen molar-refractivity contribution in [1.29, 1.82) is 0 Å². The van der Waals surface area contributed by atoms with Crippen LogP contribution in [0.5, 0.6) is 0 Å². The average Bonchev–Trinajstić information content (AvgIpc) is 3.27. The molecule has 6 rings (SSSR count). The quantitative estimate of drug-likeness (QED) is 0.369. The van der Waals surface area contributed by atoms with Gasteiger partial charge in [0, 0.05) is 18.3 Å². The van der Waals surface area contributed by atoms with Gasteiger partial charge in [-0.3, -0.25) is 9.69 Å². The molecule has 2 atom stereocenters. The summed E-state index contributed by atoms with van der Waals surface area (Å²) in [5, 5.41) is 0. The lowest BCUT2D eigenvalue weighted by molar-refractivity contribution is -0.132. The summed E-state index contributed by atoms with van der Waals surface area (Å²) >= 11 is 0. The molecular formula is C32H33NO5. The summed E-state index contributed by atoms with van der Waals surface area (Å²) in [6, 6.07) is 26.4. The molecule has 1 aliphatic carbocycles. The van der Waals surface area contributed by atoms with Gasteiger partial charge in [0.15, 0.2) is 0 Å². The second-order valence-electron chi connectivity index (χ2n) is 10.5. The predicted molar refractivity (Wildman–Crippen MR) is 144 cm³/mol. The van der Waals surface area contributed by atoms with Crippen molar-refractivity contribution >= 4 is 11.9 Å². The maximum atomic E-state index is 13.4. The van der Waals surface area contributed by atoms with Crippen molar-refractivity contribution in [3.8, 4) is 11.1 Å². The van der Waals surface area contributed by atoms with Gasteiger partial charge in [-0.15, -0.1) is 0 Å². The van der Waals surface area contributed by atoms with Crippen LogP contribution >= 0.6 is 0 Å². The third kappa shape index (κ3) is 4.98. The molecule has 6 nitrogen and oxygen atoms in total. The molecule has 0 spiro atoms. The number of nitrogens with zero attached hydrogens (tertiary/aromatic N) is 1. The molecule has 1 amide bonds. The van der Waals surface area contributed by atoms with Crippen LogP contribution in [-0.2, 0) is 25.6 Å². The number of Topliss-reactive ketones (excluding diaryl/α,β-unsaturated/α-hetero) is 1. The first-order valence-electron chi connectivity index (χ1n) is 13.5. The van der Waals surface area contributed by atoms with Crippen LogP contribution in [0.2, 0.25) is 0 Å². The van der Waals surface area contributed by atoms with Gasteiger partial charge in [-0.2, -0.15) is 0 Å². The van der Waals surface area contributed by atoms with Gasteiger partial charge in [0.2, 0.25) is 0 Å². The number of amides is 1. The van der Waals surface area contributed by atoms with Crippen LogP contribution in [0.4, 0.5) is 4.79 Å². The maximum absolute atomic E-state index is 13.4. The number of carbonyl (C=O) groups excluding carboxylic acids is 2. The van der Waals surface area contributed by atoms with Crippen LogP contribution in [0, 0.1) is 5.92 Å². The van der Waals surface area contributed by atoms with Crippen LogP contribution in [0.3, 0.4) is 0 Å². The first kappa shape index (κ1) is 24.8. The number of ketones is 1. The fraction of sp³-hybridized carbons (Fsp3) is 0.375. The average molecular weight is 512 g/mol. The molecule has 3 aromatic carbocycles. The Morgan fingerprint density at radius 2 is 1.42 bits per heavy atom. The number of morpholine rings is 1. The summed E-state index contributed by atoms with van der Waals surface area (Å²) in [6.45, 7) is 2.09. The summed E-state index contributed by atoms with van der Waals surface area (Å²) in [5.41, 5.74) is 5.92. The second-order valence-corrected chi connectivity index (χ2v) is 10.5. The highest BCUT2D eigenvalue weighted by molar-refractivity contribution is 5.82. The van der Waals surface area contributed by atoms with Crippen molar-refractivity contribution in [2.24, 2.45) is 5.92 Å². The molecule has 3 aliphatic rings. The van der Waals surface area contributed by atoms with Gasteiger partial charge >= 0.3 is 6.09 Å². The van der Waals surface area contributed by atoms with E-state index in [-0.39, 0.29) is 35.8 Å². The molecule has 2 bridgehead atoms. The highest BCUT2D eigenvalue weighted by Crippen LogP contribution is 2.44. The van der Waals surface area contributed by atoms with E-state index in [1.165, 1.54) is 22.3 Å². The van der Waals surface area contributed by atoms with Gasteiger partial charge in [-0.25, -0.2) is 4.79 Å². The minimum atomic E-state index is -0.303. The normalized spacial score (nSPS) is 22.0. The van der Waals surface area contributed by atoms with E-state index in [9.17, 15) is 9.59 Å². The van der Waals surface area contributed by atoms with Gasteiger partial charge in [0.25, 0.3) is 0 Å². The molecule has 0 aromatic heterocycles. The number of hydrogen-bond acceptors (Lipinski definition) is 5. The van der Waals surface area contributed by atoms with Crippen LogP contribution in [0.1, 0.15) is 41.9 Å². The van der Waals surface area contributed by atoms with E-state index in [0.717, 1.165) is 5.56 Å². The van der Waals surface area contributed by atoms with Crippen molar-refractivity contribution in [3.05, 3.63) is 95.6 Å². The molecule has 0 radical (unpaired) electrons. The summed E-state index contributed by atoms with van der Waals surface area (Å²) in [4.78, 5) is 28.2. The zero-order valence-corrected chi connectivity index (χ0v) is 21.5. The number of hydrogen-bond donors (Lipinski definition) is 0. The fourth-order valence-electron chi connectivity index (χ4n) is 6.29. The largest absolute Gasteiger partial charge is 0.448 e. The zero-order valence-electron chi connectivity index (χ0n) is 21.5. The van der Waals surface area contributed by atoms with Crippen LogP contribution < -0.4 is 0 Å². The van der Waals surface area contributed by atoms with Crippen molar-refractivity contribution in [1.82, 2.24) is 4.90 Å². The lowest BCUT2D eigenvalue weighted by Gasteiger charge is -2.47. The topological polar surface area (TPSA) is 65.1 Å². The lowest BCUT2D eigenvalue weighted by Crippen LogP contribution is -2.60. The number of benzene rings is 3. The van der Waals surface area contributed by atoms with Gasteiger partial charge in [0.05, 0.1) is 38.5 Å². The van der Waals surface area contributed by atoms with E-state index in [4.69, 9.17) is 14.2 Å². The van der Waals surface area contributed by atoms with Crippen LogP contribution in [-0.4, -0.2) is 55.3 Å². The number of fused-ring (bicyclic) bond motifs is 5. The van der Waals surface area contributed by atoms with Crippen molar-refractivity contribution < 1.29 is 23.8 Å². The van der Waals surface area contributed by atoms with Crippen LogP contribution in [0.25, 0.3) is 11.1 Å². The minimum Gasteiger partial charge on any atom is -0.448 e. The van der Waals surface area contributed by atoms with Gasteiger partial charge in [-0.1, -0.05) is 78.9 Å². The summed E-state index contributed by atoms with van der Waals surface area (Å²) < 4.78 is 17.5. The monoisotopic (exact) mass is 511 g/mol. The molecule has 0 saturated carbocycles. The van der Waals surface area contributed by atoms with Crippen molar-refractivity contribution in [2.45, 2.75) is 43.9 Å². The molecule has 196 valence electrons. The molecule has 2 unspecified atom stereocenters. The molecule has 2 fully saturated rings. The Morgan fingerprint density at radius 1 is 0.816 bits per heavy atom. The Balaban J connectivity index is 1.04. The molecule has 2 heterocycles. The lowest BCUT2D eigenvalue weighted by atomic mass is 9.82. The molecular weight excluding hydrogens is 478 g/mol. The molecule has 38 heavy (non-hydrogen) atoms. The summed E-state index contributed by atoms with van der Waals surface area (Å²) in [5.74, 6) is 0.159. The molecule has 0 N–H and O–H groups in total. The Morgan fingerprint density at radius 3 is 2.08 bits per heavy atom. The molecule has 6 heteroatoms. The third-order valence-electron chi connectivity index (χ3n) is 8.13. The Kier molecular flexibility index (Phi) is 7.25. The van der Waals surface area contributed by atoms with Gasteiger partial charge in [-0.05, 0) is 40.7 Å². The third-order valence-corrected chi connectivity index (χ3v) is 8.13. The number of rotatable bonds is 8. The first-order valence-corrected chi connectivity index (χ1v) is 13.5. The second kappa shape index (κ2) is 11.1. The van der Waals surface area contributed by atoms with E-state index in [2.05, 4.69) is 24.3 Å². The van der Waals surface area contributed by atoms with Gasteiger partial charge in [0.1, 0.15) is 12.4 Å². The van der Waals surface area contributed by atoms with E-state index >= 15 is 0 Å². The molecule has 2 aliphatic heterocycles. The highest BCUT2D eigenvalue weighted by Gasteiger charge is 2.44. The Labute approximate surface area is 223 Å². The van der Waals surface area contributed by atoms with Crippen molar-refractivity contribution in [3.63, 3.8) is 0 Å². The number of ether oxygens (including phenoxy) is 3. The molecule has 2 saturated heterocycles. The van der Waals surface area contributed by atoms with E-state index < -0.39 is 0 Å². The predicted octanol–water partition coefficient (Wildman–Crippen LogP) is 5.59. The minimum absolute atomic E-state index is 0.0254. The smallest absolute Gasteiger partial charge is 0.410 e. The van der Waals surface area contributed by atoms with E-state index in [0.29, 0.717) is 52.3 Å². The van der Waals surface area contributed by atoms with Crippen LogP contribution in [0.15, 0.2) is 78.9 Å². The van der Waals surface area contributed by atoms with Crippen molar-refractivity contribution in [2.75, 3.05) is 26.4 Å². The number of carbonyl (C=O) groups is 2. The summed E-state index contributed by atoms with van der Waals surface area (Å²) in [7, 11) is 0. The summed E-state index contributed by atoms with van der Waals surface area (Å²) in [6.07, 6.45) is 1.31. The standard InChI is InChI=1S/C32H33NO5/c34-31(14-15-36-18-22-8-2-1-3-9-22)23-16-24-19-37-20-25(17-23)33(24)32(35)38-21-30-28-12-6-4-10-26(28)27-11-5-7-13-29(27)30/h1-13,23-25,30H,14-21H2. The fourth-order valence-corrected chi connectivity index (χ4v) is 6.29.